The summed E-state index contributed by atoms with van der Waals surface area (Å²) >= 11 is 0. The minimum absolute atomic E-state index is 0.799. The molecule has 2 heteroatoms. The maximum absolute atomic E-state index is 3.60. The third-order valence-corrected chi connectivity index (χ3v) is 1.11. The Balaban J connectivity index is 3.44. The van der Waals surface area contributed by atoms with Gasteiger partial charge in [-0.05, 0) is 6.92 Å². The van der Waals surface area contributed by atoms with E-state index < -0.39 is 0 Å². The van der Waals surface area contributed by atoms with Gasteiger partial charge in [0.15, 0.2) is 0 Å². The minimum atomic E-state index is 0.799. The molecule has 2 N–H and O–H groups in total. The molecule has 0 spiro atoms. The van der Waals surface area contributed by atoms with Crippen molar-refractivity contribution in [2.45, 2.75) is 6.92 Å². The molecule has 0 aliphatic heterocycles. The molecule has 0 radical (unpaired) electrons. The zero-order chi connectivity index (χ0) is 8.53. The quantitative estimate of drug-likeness (QED) is 0.444. The molecule has 0 saturated heterocycles. The molecule has 0 aromatic carbocycles. The van der Waals surface area contributed by atoms with Gasteiger partial charge in [-0.1, -0.05) is 12.2 Å². The molecule has 0 fully saturated rings. The lowest BCUT2D eigenvalue weighted by Gasteiger charge is -2.02. The molecule has 0 heterocycles. The molecule has 0 unspecified atom stereocenters. The SMILES string of the molecule is C=CCNC=C(C)NCC=C. The second-order valence-electron chi connectivity index (χ2n) is 2.19. The molecule has 62 valence electrons. The van der Waals surface area contributed by atoms with Gasteiger partial charge in [0.1, 0.15) is 0 Å². The average molecular weight is 152 g/mol. The lowest BCUT2D eigenvalue weighted by molar-refractivity contribution is 0.864. The maximum atomic E-state index is 3.60. The summed E-state index contributed by atoms with van der Waals surface area (Å²) in [6, 6.07) is 0. The molecule has 11 heavy (non-hydrogen) atoms. The van der Waals surface area contributed by atoms with Gasteiger partial charge in [0.25, 0.3) is 0 Å². The average Bonchev–Trinajstić information content (AvgIpc) is 2.01. The van der Waals surface area contributed by atoms with Crippen LogP contribution in [-0.4, -0.2) is 13.1 Å². The molecular weight excluding hydrogens is 136 g/mol. The van der Waals surface area contributed by atoms with E-state index in [0.717, 1.165) is 18.8 Å². The summed E-state index contributed by atoms with van der Waals surface area (Å²) in [6.45, 7) is 10.8. The van der Waals surface area contributed by atoms with Crippen LogP contribution in [0.4, 0.5) is 0 Å². The Kier molecular flexibility index (Phi) is 6.19. The highest BCUT2D eigenvalue weighted by atomic mass is 14.9. The predicted molar refractivity (Wildman–Crippen MR) is 50.2 cm³/mol. The van der Waals surface area contributed by atoms with E-state index in [4.69, 9.17) is 0 Å². The summed E-state index contributed by atoms with van der Waals surface area (Å²) in [4.78, 5) is 0. The second kappa shape index (κ2) is 6.93. The van der Waals surface area contributed by atoms with Gasteiger partial charge >= 0.3 is 0 Å². The Labute approximate surface area is 68.7 Å². The number of hydrogen-bond acceptors (Lipinski definition) is 2. The third kappa shape index (κ3) is 6.71. The van der Waals surface area contributed by atoms with Crippen LogP contribution in [0.2, 0.25) is 0 Å². The highest BCUT2D eigenvalue weighted by molar-refractivity contribution is 4.96. The van der Waals surface area contributed by atoms with E-state index >= 15 is 0 Å². The van der Waals surface area contributed by atoms with E-state index in [-0.39, 0.29) is 0 Å². The minimum Gasteiger partial charge on any atom is -0.386 e. The number of hydrogen-bond donors (Lipinski definition) is 2. The van der Waals surface area contributed by atoms with Crippen LogP contribution in [0.1, 0.15) is 6.92 Å². The zero-order valence-electron chi connectivity index (χ0n) is 7.06. The first-order valence-corrected chi connectivity index (χ1v) is 3.67. The Morgan fingerprint density at radius 1 is 1.27 bits per heavy atom. The van der Waals surface area contributed by atoms with Crippen molar-refractivity contribution in [1.29, 1.82) is 0 Å². The lowest BCUT2D eigenvalue weighted by atomic mass is 10.5. The Bertz CT molecular complexity index is 148. The van der Waals surface area contributed by atoms with Crippen molar-refractivity contribution in [2.75, 3.05) is 13.1 Å². The Morgan fingerprint density at radius 3 is 2.45 bits per heavy atom. The summed E-state index contributed by atoms with van der Waals surface area (Å²) in [6.07, 6.45) is 5.56. The van der Waals surface area contributed by atoms with Gasteiger partial charge in [0.2, 0.25) is 0 Å². The molecule has 0 atom stereocenters. The monoisotopic (exact) mass is 152 g/mol. The molecule has 0 bridgehead atoms. The summed E-state index contributed by atoms with van der Waals surface area (Å²) < 4.78 is 0. The highest BCUT2D eigenvalue weighted by Gasteiger charge is 1.81. The van der Waals surface area contributed by atoms with Crippen LogP contribution in [0.5, 0.6) is 0 Å². The zero-order valence-corrected chi connectivity index (χ0v) is 7.06. The van der Waals surface area contributed by atoms with Gasteiger partial charge in [-0.3, -0.25) is 0 Å². The summed E-state index contributed by atoms with van der Waals surface area (Å²) in [5.74, 6) is 0. The summed E-state index contributed by atoms with van der Waals surface area (Å²) in [5, 5.41) is 6.20. The Morgan fingerprint density at radius 2 is 1.91 bits per heavy atom. The first-order chi connectivity index (χ1) is 5.31. The van der Waals surface area contributed by atoms with Crippen molar-refractivity contribution in [3.63, 3.8) is 0 Å². The molecule has 0 aliphatic rings. The molecule has 2 nitrogen and oxygen atoms in total. The fourth-order valence-corrected chi connectivity index (χ4v) is 0.580. The van der Waals surface area contributed by atoms with E-state index in [1.807, 2.05) is 25.3 Å². The molecule has 0 rings (SSSR count). The van der Waals surface area contributed by atoms with Crippen LogP contribution in [-0.2, 0) is 0 Å². The fraction of sp³-hybridized carbons (Fsp3) is 0.333. The molecule has 0 aromatic rings. The fourth-order valence-electron chi connectivity index (χ4n) is 0.580. The lowest BCUT2D eigenvalue weighted by Crippen LogP contribution is -2.14. The van der Waals surface area contributed by atoms with Crippen molar-refractivity contribution >= 4 is 0 Å². The molecule has 0 amide bonds. The van der Waals surface area contributed by atoms with Crippen LogP contribution in [0.25, 0.3) is 0 Å². The van der Waals surface area contributed by atoms with E-state index in [9.17, 15) is 0 Å². The van der Waals surface area contributed by atoms with Crippen LogP contribution in [0.15, 0.2) is 37.2 Å². The van der Waals surface area contributed by atoms with E-state index in [1.165, 1.54) is 0 Å². The van der Waals surface area contributed by atoms with Crippen molar-refractivity contribution in [3.8, 4) is 0 Å². The smallest absolute Gasteiger partial charge is 0.0325 e. The number of nitrogens with one attached hydrogen (secondary N) is 2. The molecule has 0 aliphatic carbocycles. The maximum Gasteiger partial charge on any atom is 0.0325 e. The number of rotatable bonds is 6. The first-order valence-electron chi connectivity index (χ1n) is 3.67. The first kappa shape index (κ1) is 9.82. The van der Waals surface area contributed by atoms with Gasteiger partial charge in [-0.25, -0.2) is 0 Å². The van der Waals surface area contributed by atoms with Gasteiger partial charge in [0, 0.05) is 25.0 Å². The van der Waals surface area contributed by atoms with Gasteiger partial charge in [0.05, 0.1) is 0 Å². The van der Waals surface area contributed by atoms with E-state index in [1.54, 1.807) is 0 Å². The summed E-state index contributed by atoms with van der Waals surface area (Å²) in [5.41, 5.74) is 1.10. The van der Waals surface area contributed by atoms with Gasteiger partial charge in [-0.2, -0.15) is 0 Å². The second-order valence-corrected chi connectivity index (χ2v) is 2.19. The van der Waals surface area contributed by atoms with Crippen LogP contribution < -0.4 is 10.6 Å². The molecule has 0 saturated carbocycles. The largest absolute Gasteiger partial charge is 0.386 e. The number of allylic oxidation sites excluding steroid dienone is 1. The van der Waals surface area contributed by atoms with Crippen molar-refractivity contribution < 1.29 is 0 Å². The Hall–Kier alpha value is -1.18. The normalized spacial score (nSPS) is 10.5. The molecule has 0 aromatic heterocycles. The van der Waals surface area contributed by atoms with E-state index in [2.05, 4.69) is 23.8 Å². The van der Waals surface area contributed by atoms with Crippen molar-refractivity contribution in [2.24, 2.45) is 0 Å². The van der Waals surface area contributed by atoms with Gasteiger partial charge < -0.3 is 10.6 Å². The van der Waals surface area contributed by atoms with Crippen molar-refractivity contribution in [1.82, 2.24) is 10.6 Å². The highest BCUT2D eigenvalue weighted by Crippen LogP contribution is 1.81. The van der Waals surface area contributed by atoms with Crippen LogP contribution in [0, 0.1) is 0 Å². The summed E-state index contributed by atoms with van der Waals surface area (Å²) in [7, 11) is 0. The van der Waals surface area contributed by atoms with Gasteiger partial charge in [-0.15, -0.1) is 13.2 Å². The predicted octanol–water partition coefficient (Wildman–Crippen LogP) is 1.40. The topological polar surface area (TPSA) is 24.1 Å². The standard InChI is InChI=1S/C9H16N2/c1-4-6-10-8-9(3)11-7-5-2/h4-5,8,10-11H,1-2,6-7H2,3H3. The van der Waals surface area contributed by atoms with Crippen molar-refractivity contribution in [3.05, 3.63) is 37.2 Å². The molecular formula is C9H16N2. The third-order valence-electron chi connectivity index (χ3n) is 1.11. The van der Waals surface area contributed by atoms with Crippen LogP contribution in [0.3, 0.4) is 0 Å². The van der Waals surface area contributed by atoms with E-state index in [0.29, 0.717) is 0 Å². The van der Waals surface area contributed by atoms with Crippen LogP contribution >= 0.6 is 0 Å².